The van der Waals surface area contributed by atoms with Gasteiger partial charge in [-0.25, -0.2) is 0 Å². The maximum Gasteiger partial charge on any atom is 0.220 e. The predicted molar refractivity (Wildman–Crippen MR) is 91.5 cm³/mol. The molecular weight excluding hydrogens is 288 g/mol. The van der Waals surface area contributed by atoms with Crippen molar-refractivity contribution in [3.8, 4) is 0 Å². The maximum absolute atomic E-state index is 11.7. The fraction of sp³-hybridized carbons (Fsp3) is 0.316. The standard InChI is InChI=1S/C19H24N2O2/c20-12-6-11-19(22)21-13-17-9-4-5-10-18(17)15-23-14-16-7-2-1-3-8-16/h1-5,7-10H,6,11-15,20H2,(H,21,22). The molecular formula is C19H24N2O2. The molecule has 0 saturated carbocycles. The molecule has 0 fully saturated rings. The molecule has 0 atom stereocenters. The molecule has 0 radical (unpaired) electrons. The average Bonchev–Trinajstić information content (AvgIpc) is 2.60. The lowest BCUT2D eigenvalue weighted by atomic mass is 10.1. The van der Waals surface area contributed by atoms with Gasteiger partial charge in [-0.3, -0.25) is 4.79 Å². The second-order valence-corrected chi connectivity index (χ2v) is 5.42. The summed E-state index contributed by atoms with van der Waals surface area (Å²) >= 11 is 0. The van der Waals surface area contributed by atoms with Crippen molar-refractivity contribution in [2.75, 3.05) is 6.54 Å². The highest BCUT2D eigenvalue weighted by molar-refractivity contribution is 5.75. The Bertz CT molecular complexity index is 599. The van der Waals surface area contributed by atoms with Crippen molar-refractivity contribution in [3.05, 3.63) is 71.3 Å². The summed E-state index contributed by atoms with van der Waals surface area (Å²) < 4.78 is 5.79. The summed E-state index contributed by atoms with van der Waals surface area (Å²) in [6.45, 7) is 2.17. The molecule has 3 N–H and O–H groups in total. The van der Waals surface area contributed by atoms with Gasteiger partial charge in [0.15, 0.2) is 0 Å². The van der Waals surface area contributed by atoms with E-state index in [1.54, 1.807) is 0 Å². The van der Waals surface area contributed by atoms with Crippen LogP contribution in [0.5, 0.6) is 0 Å². The Kier molecular flexibility index (Phi) is 7.30. The van der Waals surface area contributed by atoms with E-state index in [-0.39, 0.29) is 5.91 Å². The van der Waals surface area contributed by atoms with Gasteiger partial charge in [0.25, 0.3) is 0 Å². The summed E-state index contributed by atoms with van der Waals surface area (Å²) in [6, 6.07) is 18.1. The number of carbonyl (C=O) groups is 1. The molecule has 0 aliphatic carbocycles. The molecule has 2 aromatic carbocycles. The maximum atomic E-state index is 11.7. The number of hydrogen-bond acceptors (Lipinski definition) is 3. The third-order valence-corrected chi connectivity index (χ3v) is 3.57. The molecule has 0 aliphatic heterocycles. The van der Waals surface area contributed by atoms with Gasteiger partial charge in [0.2, 0.25) is 5.91 Å². The second kappa shape index (κ2) is 9.77. The van der Waals surface area contributed by atoms with Gasteiger partial charge in [0, 0.05) is 13.0 Å². The number of ether oxygens (including phenoxy) is 1. The van der Waals surface area contributed by atoms with Crippen LogP contribution in [0.3, 0.4) is 0 Å². The SMILES string of the molecule is NCCCC(=O)NCc1ccccc1COCc1ccccc1. The van der Waals surface area contributed by atoms with Gasteiger partial charge in [-0.2, -0.15) is 0 Å². The zero-order chi connectivity index (χ0) is 16.3. The first-order valence-electron chi connectivity index (χ1n) is 7.95. The fourth-order valence-electron chi connectivity index (χ4n) is 2.27. The number of nitrogens with one attached hydrogen (secondary N) is 1. The lowest BCUT2D eigenvalue weighted by molar-refractivity contribution is -0.121. The molecule has 122 valence electrons. The van der Waals surface area contributed by atoms with Crippen molar-refractivity contribution in [3.63, 3.8) is 0 Å². The number of hydrogen-bond donors (Lipinski definition) is 2. The van der Waals surface area contributed by atoms with E-state index in [0.29, 0.717) is 39.1 Å². The van der Waals surface area contributed by atoms with Gasteiger partial charge < -0.3 is 15.8 Å². The van der Waals surface area contributed by atoms with Crippen LogP contribution in [0.4, 0.5) is 0 Å². The van der Waals surface area contributed by atoms with Crippen molar-refractivity contribution in [2.45, 2.75) is 32.6 Å². The molecule has 0 unspecified atom stereocenters. The molecule has 23 heavy (non-hydrogen) atoms. The van der Waals surface area contributed by atoms with Crippen LogP contribution in [0.15, 0.2) is 54.6 Å². The van der Waals surface area contributed by atoms with E-state index in [2.05, 4.69) is 5.32 Å². The number of carbonyl (C=O) groups excluding carboxylic acids is 1. The second-order valence-electron chi connectivity index (χ2n) is 5.42. The van der Waals surface area contributed by atoms with Crippen LogP contribution in [0, 0.1) is 0 Å². The minimum absolute atomic E-state index is 0.0375. The molecule has 1 amide bonds. The number of rotatable bonds is 9. The summed E-state index contributed by atoms with van der Waals surface area (Å²) in [6.07, 6.45) is 1.19. The van der Waals surface area contributed by atoms with Crippen LogP contribution in [0.1, 0.15) is 29.5 Å². The van der Waals surface area contributed by atoms with E-state index < -0.39 is 0 Å². The van der Waals surface area contributed by atoms with E-state index in [0.717, 1.165) is 16.7 Å². The molecule has 0 heterocycles. The topological polar surface area (TPSA) is 64.4 Å². The Hall–Kier alpha value is -2.17. The fourth-order valence-corrected chi connectivity index (χ4v) is 2.27. The van der Waals surface area contributed by atoms with E-state index in [9.17, 15) is 4.79 Å². The van der Waals surface area contributed by atoms with E-state index in [4.69, 9.17) is 10.5 Å². The van der Waals surface area contributed by atoms with Gasteiger partial charge in [-0.1, -0.05) is 54.6 Å². The minimum atomic E-state index is 0.0375. The first-order chi connectivity index (χ1) is 11.3. The monoisotopic (exact) mass is 312 g/mol. The van der Waals surface area contributed by atoms with Crippen LogP contribution in [0.25, 0.3) is 0 Å². The molecule has 0 aliphatic rings. The molecule has 4 nitrogen and oxygen atoms in total. The van der Waals surface area contributed by atoms with Crippen molar-refractivity contribution in [1.82, 2.24) is 5.32 Å². The minimum Gasteiger partial charge on any atom is -0.372 e. The zero-order valence-electron chi connectivity index (χ0n) is 13.3. The van der Waals surface area contributed by atoms with E-state index in [1.165, 1.54) is 0 Å². The van der Waals surface area contributed by atoms with E-state index in [1.807, 2.05) is 54.6 Å². The van der Waals surface area contributed by atoms with Crippen LogP contribution in [-0.2, 0) is 29.3 Å². The zero-order valence-corrected chi connectivity index (χ0v) is 13.3. The van der Waals surface area contributed by atoms with Gasteiger partial charge in [-0.15, -0.1) is 0 Å². The Labute approximate surface area is 137 Å². The normalized spacial score (nSPS) is 10.5. The molecule has 2 aromatic rings. The van der Waals surface area contributed by atoms with Crippen LogP contribution in [-0.4, -0.2) is 12.5 Å². The molecule has 4 heteroatoms. The number of amides is 1. The predicted octanol–water partition coefficient (Wildman–Crippen LogP) is 2.76. The largest absolute Gasteiger partial charge is 0.372 e. The van der Waals surface area contributed by atoms with Crippen LogP contribution >= 0.6 is 0 Å². The number of nitrogens with two attached hydrogens (primary N) is 1. The third-order valence-electron chi connectivity index (χ3n) is 3.57. The highest BCUT2D eigenvalue weighted by Gasteiger charge is 2.05. The summed E-state index contributed by atoms with van der Waals surface area (Å²) in [5.41, 5.74) is 8.75. The van der Waals surface area contributed by atoms with Gasteiger partial charge in [0.1, 0.15) is 0 Å². The lowest BCUT2D eigenvalue weighted by Crippen LogP contribution is -2.23. The van der Waals surface area contributed by atoms with Crippen LogP contribution in [0.2, 0.25) is 0 Å². The average molecular weight is 312 g/mol. The Morgan fingerprint density at radius 3 is 2.39 bits per heavy atom. The summed E-state index contributed by atoms with van der Waals surface area (Å²) in [4.78, 5) is 11.7. The Morgan fingerprint density at radius 2 is 1.65 bits per heavy atom. The highest BCUT2D eigenvalue weighted by atomic mass is 16.5. The summed E-state index contributed by atoms with van der Waals surface area (Å²) in [7, 11) is 0. The Morgan fingerprint density at radius 1 is 0.957 bits per heavy atom. The van der Waals surface area contributed by atoms with Crippen molar-refractivity contribution >= 4 is 5.91 Å². The molecule has 0 spiro atoms. The smallest absolute Gasteiger partial charge is 0.220 e. The lowest BCUT2D eigenvalue weighted by Gasteiger charge is -2.11. The summed E-state index contributed by atoms with van der Waals surface area (Å²) in [5, 5.41) is 2.93. The first-order valence-corrected chi connectivity index (χ1v) is 7.95. The third kappa shape index (κ3) is 6.22. The Balaban J connectivity index is 1.83. The van der Waals surface area contributed by atoms with Crippen molar-refractivity contribution in [1.29, 1.82) is 0 Å². The van der Waals surface area contributed by atoms with Crippen molar-refractivity contribution < 1.29 is 9.53 Å². The summed E-state index contributed by atoms with van der Waals surface area (Å²) in [5.74, 6) is 0.0375. The molecule has 0 bridgehead atoms. The van der Waals surface area contributed by atoms with Gasteiger partial charge in [-0.05, 0) is 29.7 Å². The number of benzene rings is 2. The van der Waals surface area contributed by atoms with Gasteiger partial charge in [0.05, 0.1) is 13.2 Å². The quantitative estimate of drug-likeness (QED) is 0.748. The van der Waals surface area contributed by atoms with Crippen molar-refractivity contribution in [2.24, 2.45) is 5.73 Å². The molecule has 2 rings (SSSR count). The van der Waals surface area contributed by atoms with Gasteiger partial charge >= 0.3 is 0 Å². The molecule has 0 aromatic heterocycles. The first kappa shape index (κ1) is 17.2. The van der Waals surface area contributed by atoms with Crippen LogP contribution < -0.4 is 11.1 Å². The van der Waals surface area contributed by atoms with E-state index >= 15 is 0 Å². The highest BCUT2D eigenvalue weighted by Crippen LogP contribution is 2.12. The molecule has 0 saturated heterocycles.